The molecule has 17 heavy (non-hydrogen) atoms. The highest BCUT2D eigenvalue weighted by molar-refractivity contribution is 5.83. The summed E-state index contributed by atoms with van der Waals surface area (Å²) in [6.45, 7) is 0.975. The third-order valence-electron chi connectivity index (χ3n) is 7.30. The van der Waals surface area contributed by atoms with Crippen LogP contribution in [0.5, 0.6) is 0 Å². The van der Waals surface area contributed by atoms with Gasteiger partial charge in [0.25, 0.3) is 0 Å². The lowest BCUT2D eigenvalue weighted by Crippen LogP contribution is -2.30. The summed E-state index contributed by atoms with van der Waals surface area (Å²) in [4.78, 5) is 12.2. The van der Waals surface area contributed by atoms with Crippen LogP contribution in [0.25, 0.3) is 0 Å². The maximum absolute atomic E-state index is 12.2. The van der Waals surface area contributed by atoms with Gasteiger partial charge >= 0.3 is 0 Å². The fourth-order valence-corrected chi connectivity index (χ4v) is 6.75. The minimum Gasteiger partial charge on any atom is -0.356 e. The van der Waals surface area contributed by atoms with Crippen molar-refractivity contribution in [3.05, 3.63) is 0 Å². The van der Waals surface area contributed by atoms with E-state index in [1.807, 2.05) is 0 Å². The lowest BCUT2D eigenvalue weighted by atomic mass is 9.91. The van der Waals surface area contributed by atoms with Crippen molar-refractivity contribution in [2.24, 2.45) is 59.2 Å². The third kappa shape index (κ3) is 0.794. The molecule has 7 aliphatic carbocycles. The van der Waals surface area contributed by atoms with E-state index in [1.165, 1.54) is 12.8 Å². The van der Waals surface area contributed by atoms with E-state index in [-0.39, 0.29) is 0 Å². The molecular formula is C15H19NO. The highest BCUT2D eigenvalue weighted by Gasteiger charge is 2.87. The van der Waals surface area contributed by atoms with Gasteiger partial charge in [0, 0.05) is 12.5 Å². The lowest BCUT2D eigenvalue weighted by molar-refractivity contribution is -0.123. The Labute approximate surface area is 102 Å². The van der Waals surface area contributed by atoms with E-state index < -0.39 is 0 Å². The van der Waals surface area contributed by atoms with Gasteiger partial charge in [0.05, 0.1) is 0 Å². The van der Waals surface area contributed by atoms with Gasteiger partial charge in [-0.05, 0) is 72.5 Å². The second kappa shape index (κ2) is 2.31. The standard InChI is InChI=1S/C15H19NO/c17-15(16-4-5-1-2-5)14-12-10-7-3-6-8(10)9(6)11(7)13(12)14/h5-14H,1-4H2,(H,16,17)/t6?,7?,8-,9+,10-,11+,12+,13-,14?. The van der Waals surface area contributed by atoms with Gasteiger partial charge in [-0.15, -0.1) is 0 Å². The average molecular weight is 229 g/mol. The van der Waals surface area contributed by atoms with Crippen LogP contribution in [0.2, 0.25) is 0 Å². The van der Waals surface area contributed by atoms with Crippen LogP contribution in [-0.4, -0.2) is 12.5 Å². The normalized spacial score (nSPS) is 66.9. The van der Waals surface area contributed by atoms with Crippen LogP contribution >= 0.6 is 0 Å². The molecule has 0 aromatic carbocycles. The van der Waals surface area contributed by atoms with Crippen molar-refractivity contribution in [2.45, 2.75) is 19.3 Å². The summed E-state index contributed by atoms with van der Waals surface area (Å²) < 4.78 is 0. The van der Waals surface area contributed by atoms with Crippen molar-refractivity contribution in [2.75, 3.05) is 6.54 Å². The summed E-state index contributed by atoms with van der Waals surface area (Å²) in [5.74, 6) is 9.86. The molecule has 7 rings (SSSR count). The summed E-state index contributed by atoms with van der Waals surface area (Å²) in [6.07, 6.45) is 4.24. The zero-order valence-electron chi connectivity index (χ0n) is 10.0. The number of carbonyl (C=O) groups excluding carboxylic acids is 1. The van der Waals surface area contributed by atoms with E-state index in [1.54, 1.807) is 6.42 Å². The largest absolute Gasteiger partial charge is 0.356 e. The highest BCUT2D eigenvalue weighted by Crippen LogP contribution is 2.89. The molecule has 7 saturated carbocycles. The molecule has 0 radical (unpaired) electrons. The molecule has 0 aliphatic heterocycles. The van der Waals surface area contributed by atoms with Gasteiger partial charge in [0.15, 0.2) is 0 Å². The van der Waals surface area contributed by atoms with Crippen molar-refractivity contribution in [1.29, 1.82) is 0 Å². The van der Waals surface area contributed by atoms with Gasteiger partial charge in [-0.25, -0.2) is 0 Å². The predicted molar refractivity (Wildman–Crippen MR) is 61.8 cm³/mol. The van der Waals surface area contributed by atoms with Crippen LogP contribution in [0.15, 0.2) is 0 Å². The molecule has 1 amide bonds. The Morgan fingerprint density at radius 3 is 2.06 bits per heavy atom. The molecule has 0 aromatic heterocycles. The second-order valence-electron chi connectivity index (χ2n) is 7.74. The van der Waals surface area contributed by atoms with Gasteiger partial charge in [-0.3, -0.25) is 4.79 Å². The quantitative estimate of drug-likeness (QED) is 0.781. The monoisotopic (exact) mass is 229 g/mol. The van der Waals surface area contributed by atoms with E-state index in [4.69, 9.17) is 0 Å². The Kier molecular flexibility index (Phi) is 1.16. The smallest absolute Gasteiger partial charge is 0.223 e. The number of fused-ring (bicyclic) bond motifs is 1. The lowest BCUT2D eigenvalue weighted by Gasteiger charge is -2.16. The van der Waals surface area contributed by atoms with Crippen LogP contribution in [-0.2, 0) is 4.79 Å². The molecule has 1 N–H and O–H groups in total. The molecule has 0 aromatic rings. The predicted octanol–water partition coefficient (Wildman–Crippen LogP) is 1.52. The van der Waals surface area contributed by atoms with Gasteiger partial charge in [0.2, 0.25) is 5.91 Å². The number of nitrogens with one attached hydrogen (secondary N) is 1. The van der Waals surface area contributed by atoms with Gasteiger partial charge in [0.1, 0.15) is 0 Å². The Morgan fingerprint density at radius 2 is 1.53 bits per heavy atom. The molecule has 2 nitrogen and oxygen atoms in total. The minimum absolute atomic E-state index is 0.431. The summed E-state index contributed by atoms with van der Waals surface area (Å²) in [6, 6.07) is 0. The first-order valence-electron chi connectivity index (χ1n) is 7.64. The van der Waals surface area contributed by atoms with Gasteiger partial charge in [-0.1, -0.05) is 0 Å². The molecule has 7 aliphatic rings. The molecule has 3 unspecified atom stereocenters. The van der Waals surface area contributed by atoms with Crippen LogP contribution in [0.4, 0.5) is 0 Å². The minimum atomic E-state index is 0.431. The molecule has 2 heteroatoms. The molecule has 9 atom stereocenters. The van der Waals surface area contributed by atoms with Crippen molar-refractivity contribution in [3.63, 3.8) is 0 Å². The molecule has 0 saturated heterocycles. The molecule has 7 fully saturated rings. The first kappa shape index (κ1) is 8.55. The first-order valence-corrected chi connectivity index (χ1v) is 7.64. The van der Waals surface area contributed by atoms with E-state index in [2.05, 4.69) is 5.32 Å². The van der Waals surface area contributed by atoms with E-state index in [9.17, 15) is 4.79 Å². The SMILES string of the molecule is O=C(NCC1CC1)C1[C@@H]2[C@H]3C4CC5[C@H]([C@H]53)[C@@H]4[C@H]12. The summed E-state index contributed by atoms with van der Waals surface area (Å²) in [5.41, 5.74) is 0. The van der Waals surface area contributed by atoms with Crippen LogP contribution < -0.4 is 5.32 Å². The number of hydrogen-bond donors (Lipinski definition) is 1. The van der Waals surface area contributed by atoms with Crippen LogP contribution in [0.1, 0.15) is 19.3 Å². The third-order valence-corrected chi connectivity index (χ3v) is 7.30. The number of carbonyl (C=O) groups is 1. The topological polar surface area (TPSA) is 29.1 Å². The Balaban J connectivity index is 1.22. The number of amides is 1. The fraction of sp³-hybridized carbons (Fsp3) is 0.933. The zero-order valence-corrected chi connectivity index (χ0v) is 10.0. The fourth-order valence-electron chi connectivity index (χ4n) is 6.75. The Hall–Kier alpha value is -0.530. The molecule has 0 heterocycles. The Bertz CT molecular complexity index is 418. The van der Waals surface area contributed by atoms with Crippen LogP contribution in [0, 0.1) is 59.2 Å². The molecule has 6 bridgehead atoms. The van der Waals surface area contributed by atoms with Crippen molar-refractivity contribution in [3.8, 4) is 0 Å². The molecule has 0 spiro atoms. The maximum Gasteiger partial charge on any atom is 0.223 e. The highest BCUT2D eigenvalue weighted by atomic mass is 16.2. The van der Waals surface area contributed by atoms with Crippen molar-refractivity contribution < 1.29 is 4.79 Å². The van der Waals surface area contributed by atoms with Gasteiger partial charge < -0.3 is 5.32 Å². The summed E-state index contributed by atoms with van der Waals surface area (Å²) in [7, 11) is 0. The number of rotatable bonds is 3. The number of hydrogen-bond acceptors (Lipinski definition) is 1. The van der Waals surface area contributed by atoms with E-state index >= 15 is 0 Å². The summed E-state index contributed by atoms with van der Waals surface area (Å²) in [5, 5.41) is 3.22. The second-order valence-corrected chi connectivity index (χ2v) is 7.74. The maximum atomic E-state index is 12.2. The Morgan fingerprint density at radius 1 is 0.941 bits per heavy atom. The van der Waals surface area contributed by atoms with E-state index in [0.717, 1.165) is 59.8 Å². The first-order chi connectivity index (χ1) is 8.36. The van der Waals surface area contributed by atoms with Crippen molar-refractivity contribution in [1.82, 2.24) is 5.32 Å². The zero-order chi connectivity index (χ0) is 10.9. The van der Waals surface area contributed by atoms with E-state index in [0.29, 0.717) is 11.8 Å². The van der Waals surface area contributed by atoms with Gasteiger partial charge in [-0.2, -0.15) is 0 Å². The summed E-state index contributed by atoms with van der Waals surface area (Å²) >= 11 is 0. The molecule has 90 valence electrons. The average Bonchev–Trinajstić information content (AvgIpc) is 3.28. The van der Waals surface area contributed by atoms with Crippen LogP contribution in [0.3, 0.4) is 0 Å². The molecular weight excluding hydrogens is 210 g/mol. The van der Waals surface area contributed by atoms with Crippen molar-refractivity contribution >= 4 is 5.91 Å².